The lowest BCUT2D eigenvalue weighted by Crippen LogP contribution is -2.26. The summed E-state index contributed by atoms with van der Waals surface area (Å²) < 4.78 is 10.7. The zero-order valence-corrected chi connectivity index (χ0v) is 12.8. The van der Waals surface area contributed by atoms with Crippen LogP contribution in [0.2, 0.25) is 0 Å². The van der Waals surface area contributed by atoms with Gasteiger partial charge in [-0.1, -0.05) is 23.7 Å². The van der Waals surface area contributed by atoms with E-state index in [-0.39, 0.29) is 12.5 Å². The molecule has 0 aliphatic heterocycles. The van der Waals surface area contributed by atoms with Gasteiger partial charge in [0.2, 0.25) is 0 Å². The summed E-state index contributed by atoms with van der Waals surface area (Å²) in [5, 5.41) is 7.86. The lowest BCUT2D eigenvalue weighted by atomic mass is 9.99. The van der Waals surface area contributed by atoms with Crippen molar-refractivity contribution < 1.29 is 14.1 Å². The largest absolute Gasteiger partial charge is 0.483 e. The molecule has 6 nitrogen and oxygen atoms in total. The first-order valence-corrected chi connectivity index (χ1v) is 7.80. The predicted octanol–water partition coefficient (Wildman–Crippen LogP) is 3.16. The fraction of sp³-hybridized carbons (Fsp3) is 0.353. The molecule has 0 bridgehead atoms. The number of ether oxygens (including phenoxy) is 1. The van der Waals surface area contributed by atoms with Gasteiger partial charge in [0.25, 0.3) is 5.91 Å². The third kappa shape index (κ3) is 4.18. The van der Waals surface area contributed by atoms with E-state index in [4.69, 9.17) is 9.26 Å². The molecule has 1 aliphatic rings. The number of rotatable bonds is 5. The van der Waals surface area contributed by atoms with E-state index >= 15 is 0 Å². The van der Waals surface area contributed by atoms with Gasteiger partial charge in [0, 0.05) is 11.8 Å². The third-order valence-corrected chi connectivity index (χ3v) is 3.72. The first-order valence-electron chi connectivity index (χ1n) is 7.80. The fourth-order valence-electron chi connectivity index (χ4n) is 2.54. The molecule has 23 heavy (non-hydrogen) atoms. The number of hydrogen-bond acceptors (Lipinski definition) is 5. The highest BCUT2D eigenvalue weighted by Crippen LogP contribution is 2.29. The summed E-state index contributed by atoms with van der Waals surface area (Å²) >= 11 is 0. The number of carbonyl (C=O) groups excluding carboxylic acids is 1. The Hall–Kier alpha value is -2.63. The number of hydrazone groups is 1. The van der Waals surface area contributed by atoms with E-state index < -0.39 is 0 Å². The fourth-order valence-corrected chi connectivity index (χ4v) is 2.54. The number of amides is 1. The third-order valence-electron chi connectivity index (χ3n) is 3.72. The van der Waals surface area contributed by atoms with Gasteiger partial charge >= 0.3 is 0 Å². The van der Waals surface area contributed by atoms with E-state index in [1.807, 2.05) is 18.2 Å². The lowest BCUT2D eigenvalue weighted by Gasteiger charge is -2.12. The number of carbonyl (C=O) groups is 1. The molecule has 120 valence electrons. The Labute approximate surface area is 134 Å². The van der Waals surface area contributed by atoms with Crippen molar-refractivity contribution in [2.75, 3.05) is 6.61 Å². The van der Waals surface area contributed by atoms with Crippen LogP contribution in [-0.4, -0.2) is 23.4 Å². The van der Waals surface area contributed by atoms with Gasteiger partial charge in [-0.05, 0) is 37.8 Å². The Bertz CT molecular complexity index is 672. The van der Waals surface area contributed by atoms with Crippen LogP contribution in [0.3, 0.4) is 0 Å². The number of aromatic nitrogens is 1. The van der Waals surface area contributed by atoms with Crippen molar-refractivity contribution >= 4 is 11.6 Å². The smallest absolute Gasteiger partial charge is 0.277 e. The molecule has 0 saturated heterocycles. The van der Waals surface area contributed by atoms with Gasteiger partial charge in [-0.3, -0.25) is 4.79 Å². The number of hydrogen-bond donors (Lipinski definition) is 1. The second-order valence-corrected chi connectivity index (χ2v) is 5.44. The topological polar surface area (TPSA) is 76.7 Å². The van der Waals surface area contributed by atoms with E-state index in [1.54, 1.807) is 18.3 Å². The predicted molar refractivity (Wildman–Crippen MR) is 86.1 cm³/mol. The summed E-state index contributed by atoms with van der Waals surface area (Å²) in [7, 11) is 0. The highest BCUT2D eigenvalue weighted by Gasteiger charge is 2.11. The summed E-state index contributed by atoms with van der Waals surface area (Å²) in [5.74, 6) is 0.906. The molecule has 0 spiro atoms. The molecule has 3 rings (SSSR count). The summed E-state index contributed by atoms with van der Waals surface area (Å²) in [5.41, 5.74) is 4.39. The van der Waals surface area contributed by atoms with Crippen LogP contribution in [0.4, 0.5) is 0 Å². The van der Waals surface area contributed by atoms with Gasteiger partial charge in [0.1, 0.15) is 5.75 Å². The normalized spacial score (nSPS) is 14.3. The average molecular weight is 313 g/mol. The SMILES string of the molecule is O=C(COc1ccccc1-c1ccno1)NN=C1CCCCC1. The van der Waals surface area contributed by atoms with Crippen LogP contribution in [-0.2, 0) is 4.79 Å². The standard InChI is InChI=1S/C17H19N3O3/c21-17(20-19-13-6-2-1-3-7-13)12-22-15-9-5-4-8-14(15)16-10-11-18-23-16/h4-5,8-11H,1-3,6-7,12H2,(H,20,21). The molecule has 6 heteroatoms. The molecular formula is C17H19N3O3. The highest BCUT2D eigenvalue weighted by atomic mass is 16.5. The maximum atomic E-state index is 11.9. The Morgan fingerprint density at radius 2 is 2.04 bits per heavy atom. The van der Waals surface area contributed by atoms with Crippen molar-refractivity contribution in [2.24, 2.45) is 5.10 Å². The van der Waals surface area contributed by atoms with Crippen molar-refractivity contribution in [3.05, 3.63) is 36.5 Å². The minimum atomic E-state index is -0.268. The quantitative estimate of drug-likeness (QED) is 0.860. The van der Waals surface area contributed by atoms with Crippen LogP contribution in [0, 0.1) is 0 Å². The number of benzene rings is 1. The van der Waals surface area contributed by atoms with Crippen molar-refractivity contribution in [2.45, 2.75) is 32.1 Å². The number of para-hydroxylation sites is 1. The van der Waals surface area contributed by atoms with E-state index in [2.05, 4.69) is 15.7 Å². The number of nitrogens with one attached hydrogen (secondary N) is 1. The summed E-state index contributed by atoms with van der Waals surface area (Å²) in [6, 6.07) is 9.11. The van der Waals surface area contributed by atoms with Crippen LogP contribution in [0.5, 0.6) is 5.75 Å². The minimum absolute atomic E-state index is 0.0953. The van der Waals surface area contributed by atoms with E-state index in [0.717, 1.165) is 37.0 Å². The van der Waals surface area contributed by atoms with Crippen LogP contribution in [0.15, 0.2) is 46.2 Å². The molecule has 1 saturated carbocycles. The van der Waals surface area contributed by atoms with Crippen LogP contribution >= 0.6 is 0 Å². The first-order chi connectivity index (χ1) is 11.3. The van der Waals surface area contributed by atoms with Gasteiger partial charge in [-0.15, -0.1) is 0 Å². The Kier molecular flexibility index (Phi) is 5.03. The van der Waals surface area contributed by atoms with E-state index in [9.17, 15) is 4.79 Å². The molecule has 1 amide bonds. The highest BCUT2D eigenvalue weighted by molar-refractivity contribution is 5.87. The molecule has 0 radical (unpaired) electrons. The summed E-state index contributed by atoms with van der Waals surface area (Å²) in [4.78, 5) is 11.9. The van der Waals surface area contributed by atoms with Gasteiger partial charge in [0.15, 0.2) is 12.4 Å². The summed E-state index contributed by atoms with van der Waals surface area (Å²) in [6.07, 6.45) is 7.05. The average Bonchev–Trinajstić information content (AvgIpc) is 3.14. The van der Waals surface area contributed by atoms with Crippen molar-refractivity contribution in [1.29, 1.82) is 0 Å². The van der Waals surface area contributed by atoms with Gasteiger partial charge in [-0.25, -0.2) is 5.43 Å². The molecule has 1 aromatic carbocycles. The van der Waals surface area contributed by atoms with Gasteiger partial charge in [0.05, 0.1) is 11.8 Å². The second-order valence-electron chi connectivity index (χ2n) is 5.44. The Morgan fingerprint density at radius 3 is 2.83 bits per heavy atom. The molecule has 2 aromatic rings. The molecule has 0 atom stereocenters. The molecule has 1 aromatic heterocycles. The molecule has 1 fully saturated rings. The lowest BCUT2D eigenvalue weighted by molar-refractivity contribution is -0.123. The molecule has 1 N–H and O–H groups in total. The van der Waals surface area contributed by atoms with Crippen molar-refractivity contribution in [3.63, 3.8) is 0 Å². The van der Waals surface area contributed by atoms with Gasteiger partial charge in [-0.2, -0.15) is 5.10 Å². The van der Waals surface area contributed by atoms with E-state index in [0.29, 0.717) is 11.5 Å². The Morgan fingerprint density at radius 1 is 1.22 bits per heavy atom. The van der Waals surface area contributed by atoms with Crippen LogP contribution in [0.1, 0.15) is 32.1 Å². The molecule has 1 aliphatic carbocycles. The monoisotopic (exact) mass is 313 g/mol. The van der Waals surface area contributed by atoms with Crippen molar-refractivity contribution in [1.82, 2.24) is 10.6 Å². The zero-order valence-electron chi connectivity index (χ0n) is 12.8. The van der Waals surface area contributed by atoms with Crippen molar-refractivity contribution in [3.8, 4) is 17.1 Å². The summed E-state index contributed by atoms with van der Waals surface area (Å²) in [6.45, 7) is -0.0953. The number of nitrogens with zero attached hydrogens (tertiary/aromatic N) is 2. The van der Waals surface area contributed by atoms with Gasteiger partial charge < -0.3 is 9.26 Å². The first kappa shape index (κ1) is 15.3. The zero-order chi connectivity index (χ0) is 15.9. The molecule has 0 unspecified atom stereocenters. The maximum absolute atomic E-state index is 11.9. The van der Waals surface area contributed by atoms with E-state index in [1.165, 1.54) is 6.42 Å². The second kappa shape index (κ2) is 7.58. The Balaban J connectivity index is 1.57. The maximum Gasteiger partial charge on any atom is 0.277 e. The van der Waals surface area contributed by atoms with Crippen LogP contribution in [0.25, 0.3) is 11.3 Å². The van der Waals surface area contributed by atoms with Crippen LogP contribution < -0.4 is 10.2 Å². The molecule has 1 heterocycles. The molecular weight excluding hydrogens is 294 g/mol. The minimum Gasteiger partial charge on any atom is -0.483 e.